The molecule has 2 aromatic carbocycles. The van der Waals surface area contributed by atoms with Crippen molar-refractivity contribution in [1.82, 2.24) is 5.01 Å². The Bertz CT molecular complexity index is 1000. The van der Waals surface area contributed by atoms with Crippen LogP contribution in [0.4, 0.5) is 0 Å². The number of ether oxygens (including phenoxy) is 1. The lowest BCUT2D eigenvalue weighted by Crippen LogP contribution is -2.33. The van der Waals surface area contributed by atoms with Gasteiger partial charge in [-0.1, -0.05) is 39.7 Å². The van der Waals surface area contributed by atoms with Gasteiger partial charge in [-0.3, -0.25) is 0 Å². The molecule has 2 atom stereocenters. The van der Waals surface area contributed by atoms with Gasteiger partial charge in [-0.25, -0.2) is 5.01 Å². The van der Waals surface area contributed by atoms with Crippen molar-refractivity contribution in [3.05, 3.63) is 87.2 Å². The van der Waals surface area contributed by atoms with E-state index in [1.54, 1.807) is 6.26 Å². The molecule has 4 nitrogen and oxygen atoms in total. The predicted octanol–water partition coefficient (Wildman–Crippen LogP) is 5.94. The summed E-state index contributed by atoms with van der Waals surface area (Å²) in [5.41, 5.74) is 3.01. The van der Waals surface area contributed by atoms with E-state index in [0.717, 1.165) is 39.2 Å². The van der Waals surface area contributed by atoms with Crippen molar-refractivity contribution >= 4 is 33.2 Å². The second-order valence-corrected chi connectivity index (χ2v) is 7.68. The maximum Gasteiger partial charge on any atom is 0.213 e. The third-order valence-corrected chi connectivity index (χ3v) is 5.42. The fourth-order valence-electron chi connectivity index (χ4n) is 3.53. The number of hydrazone groups is 1. The van der Waals surface area contributed by atoms with Crippen molar-refractivity contribution in [1.29, 1.82) is 0 Å². The van der Waals surface area contributed by atoms with E-state index in [1.807, 2.05) is 53.5 Å². The lowest BCUT2D eigenvalue weighted by Gasteiger charge is -2.38. The number of halogens is 2. The number of hydrogen-bond acceptors (Lipinski definition) is 4. The van der Waals surface area contributed by atoms with Crippen molar-refractivity contribution < 1.29 is 9.15 Å². The monoisotopic (exact) mass is 428 g/mol. The van der Waals surface area contributed by atoms with Gasteiger partial charge >= 0.3 is 0 Å². The Hall–Kier alpha value is -2.24. The summed E-state index contributed by atoms with van der Waals surface area (Å²) in [5.74, 6) is 1.66. The maximum atomic E-state index is 6.32. The molecule has 0 aliphatic carbocycles. The van der Waals surface area contributed by atoms with Gasteiger partial charge in [0.05, 0.1) is 12.3 Å². The molecule has 0 N–H and O–H groups in total. The van der Waals surface area contributed by atoms with E-state index >= 15 is 0 Å². The van der Waals surface area contributed by atoms with Crippen LogP contribution in [0.5, 0.6) is 5.75 Å². The third kappa shape index (κ3) is 2.63. The summed E-state index contributed by atoms with van der Waals surface area (Å²) in [6, 6.07) is 17.7. The quantitative estimate of drug-likeness (QED) is 0.506. The summed E-state index contributed by atoms with van der Waals surface area (Å²) in [4.78, 5) is 0. The van der Waals surface area contributed by atoms with Gasteiger partial charge < -0.3 is 9.15 Å². The third-order valence-electron chi connectivity index (χ3n) is 4.69. The minimum atomic E-state index is -0.333. The van der Waals surface area contributed by atoms with E-state index in [0.29, 0.717) is 5.02 Å². The normalized spacial score (nSPS) is 21.0. The molecule has 0 radical (unpaired) electrons. The van der Waals surface area contributed by atoms with Crippen molar-refractivity contribution in [2.45, 2.75) is 18.7 Å². The number of furan rings is 1. The first-order valence-electron chi connectivity index (χ1n) is 8.30. The number of nitrogens with zero attached hydrogens (tertiary/aromatic N) is 2. The Morgan fingerprint density at radius 3 is 2.85 bits per heavy atom. The lowest BCUT2D eigenvalue weighted by atomic mass is 9.97. The number of benzene rings is 2. The van der Waals surface area contributed by atoms with Crippen LogP contribution in [0.15, 0.2) is 74.9 Å². The van der Waals surface area contributed by atoms with E-state index in [1.165, 1.54) is 0 Å². The summed E-state index contributed by atoms with van der Waals surface area (Å²) >= 11 is 9.77. The summed E-state index contributed by atoms with van der Waals surface area (Å²) in [6.45, 7) is 0. The zero-order valence-corrected chi connectivity index (χ0v) is 15.9. The molecule has 2 aliphatic rings. The molecule has 0 spiro atoms. The van der Waals surface area contributed by atoms with E-state index in [-0.39, 0.29) is 12.3 Å². The van der Waals surface area contributed by atoms with Crippen LogP contribution in [0.2, 0.25) is 5.02 Å². The Morgan fingerprint density at radius 2 is 2.04 bits per heavy atom. The molecule has 0 bridgehead atoms. The summed E-state index contributed by atoms with van der Waals surface area (Å²) in [6.07, 6.45) is 2.10. The summed E-state index contributed by atoms with van der Waals surface area (Å²) in [7, 11) is 0. The zero-order chi connectivity index (χ0) is 17.7. The van der Waals surface area contributed by atoms with Crippen LogP contribution in [0.25, 0.3) is 0 Å². The SMILES string of the molecule is Clc1cccc([C@H]2Oc3ccc(Br)cc3[C@H]3CC(c4ccco4)=NN32)c1. The fraction of sp³-hybridized carbons (Fsp3) is 0.150. The first-order chi connectivity index (χ1) is 12.7. The first-order valence-corrected chi connectivity index (χ1v) is 9.47. The Balaban J connectivity index is 1.63. The molecule has 26 heavy (non-hydrogen) atoms. The molecule has 6 heteroatoms. The molecule has 5 rings (SSSR count). The van der Waals surface area contributed by atoms with Gasteiger partial charge in [-0.2, -0.15) is 5.10 Å². The largest absolute Gasteiger partial charge is 0.464 e. The minimum Gasteiger partial charge on any atom is -0.464 e. The number of fused-ring (bicyclic) bond motifs is 3. The average Bonchev–Trinajstić information content (AvgIpc) is 3.31. The van der Waals surface area contributed by atoms with Gasteiger partial charge in [0.25, 0.3) is 0 Å². The van der Waals surface area contributed by atoms with Gasteiger partial charge in [-0.05, 0) is 42.5 Å². The standard InChI is InChI=1S/C20H14BrClN2O2/c21-13-6-7-18-15(10-13)17-11-16(19-5-2-8-25-19)23-24(17)20(26-18)12-3-1-4-14(22)9-12/h1-10,17,20H,11H2/t17-,20-/m1/s1. The molecular formula is C20H14BrClN2O2. The van der Waals surface area contributed by atoms with Crippen LogP contribution < -0.4 is 4.74 Å². The topological polar surface area (TPSA) is 38.0 Å². The average molecular weight is 430 g/mol. The molecule has 130 valence electrons. The van der Waals surface area contributed by atoms with E-state index in [4.69, 9.17) is 25.9 Å². The van der Waals surface area contributed by atoms with E-state index < -0.39 is 0 Å². The molecule has 0 amide bonds. The van der Waals surface area contributed by atoms with Crippen LogP contribution in [0.1, 0.15) is 35.6 Å². The van der Waals surface area contributed by atoms with Crippen molar-refractivity contribution in [2.75, 3.05) is 0 Å². The predicted molar refractivity (Wildman–Crippen MR) is 103 cm³/mol. The molecule has 0 saturated carbocycles. The van der Waals surface area contributed by atoms with Gasteiger partial charge in [0.15, 0.2) is 0 Å². The van der Waals surface area contributed by atoms with Crippen molar-refractivity contribution in [3.63, 3.8) is 0 Å². The number of hydrogen-bond donors (Lipinski definition) is 0. The Morgan fingerprint density at radius 1 is 1.12 bits per heavy atom. The summed E-state index contributed by atoms with van der Waals surface area (Å²) in [5, 5.41) is 7.53. The lowest BCUT2D eigenvalue weighted by molar-refractivity contribution is -0.0190. The fourth-order valence-corrected chi connectivity index (χ4v) is 4.11. The van der Waals surface area contributed by atoms with Gasteiger partial charge in [-0.15, -0.1) is 0 Å². The molecular weight excluding hydrogens is 416 g/mol. The molecule has 0 fully saturated rings. The Kier molecular flexibility index (Phi) is 3.80. The van der Waals surface area contributed by atoms with Crippen LogP contribution >= 0.6 is 27.5 Å². The molecule has 0 saturated heterocycles. The molecule has 3 heterocycles. The second-order valence-electron chi connectivity index (χ2n) is 6.33. The zero-order valence-electron chi connectivity index (χ0n) is 13.6. The second kappa shape index (κ2) is 6.18. The van der Waals surface area contributed by atoms with Gasteiger partial charge in [0.2, 0.25) is 6.23 Å². The highest BCUT2D eigenvalue weighted by Crippen LogP contribution is 2.48. The van der Waals surface area contributed by atoms with Crippen LogP contribution in [0, 0.1) is 0 Å². The van der Waals surface area contributed by atoms with Crippen LogP contribution in [-0.2, 0) is 0 Å². The highest BCUT2D eigenvalue weighted by Gasteiger charge is 2.41. The van der Waals surface area contributed by atoms with Crippen LogP contribution in [-0.4, -0.2) is 10.7 Å². The molecule has 0 unspecified atom stereocenters. The van der Waals surface area contributed by atoms with Crippen LogP contribution in [0.3, 0.4) is 0 Å². The van der Waals surface area contributed by atoms with Crippen molar-refractivity contribution in [3.8, 4) is 5.75 Å². The molecule has 1 aromatic heterocycles. The van der Waals surface area contributed by atoms with Gasteiger partial charge in [0.1, 0.15) is 17.2 Å². The van der Waals surface area contributed by atoms with E-state index in [2.05, 4.69) is 22.0 Å². The maximum absolute atomic E-state index is 6.32. The van der Waals surface area contributed by atoms with Gasteiger partial charge in [0, 0.05) is 27.0 Å². The minimum absolute atomic E-state index is 0.0836. The highest BCUT2D eigenvalue weighted by molar-refractivity contribution is 9.10. The highest BCUT2D eigenvalue weighted by atomic mass is 79.9. The smallest absolute Gasteiger partial charge is 0.213 e. The first kappa shape index (κ1) is 16.0. The summed E-state index contributed by atoms with van der Waals surface area (Å²) < 4.78 is 12.9. The van der Waals surface area contributed by atoms with E-state index in [9.17, 15) is 0 Å². The number of rotatable bonds is 2. The molecule has 3 aromatic rings. The Labute approximate surface area is 164 Å². The molecule has 2 aliphatic heterocycles. The van der Waals surface area contributed by atoms with Crippen molar-refractivity contribution in [2.24, 2.45) is 5.10 Å².